The molecule has 50 heavy (non-hydrogen) atoms. The third-order valence-electron chi connectivity index (χ3n) is 9.79. The molecule has 270 valence electrons. The maximum Gasteiger partial charge on any atom is 0.341 e. The molecule has 3 aromatic rings. The lowest BCUT2D eigenvalue weighted by atomic mass is 9.94. The van der Waals surface area contributed by atoms with Gasteiger partial charge in [-0.2, -0.15) is 12.7 Å². The molecule has 2 amide bonds. The second kappa shape index (κ2) is 14.5. The molecule has 1 atom stereocenters. The molecule has 2 saturated heterocycles. The fourth-order valence-electron chi connectivity index (χ4n) is 7.06. The lowest BCUT2D eigenvalue weighted by molar-refractivity contribution is 0.0726. The van der Waals surface area contributed by atoms with Crippen LogP contribution in [0.15, 0.2) is 27.4 Å². The van der Waals surface area contributed by atoms with Gasteiger partial charge in [-0.15, -0.1) is 0 Å². The number of piperazine rings is 1. The Bertz CT molecular complexity index is 2000. The molecule has 0 spiro atoms. The second-order valence-electron chi connectivity index (χ2n) is 12.8. The van der Waals surface area contributed by atoms with Crippen LogP contribution in [0.3, 0.4) is 0 Å². The van der Waals surface area contributed by atoms with Crippen molar-refractivity contribution in [3.8, 4) is 5.75 Å². The standard InChI is InChI=1S/C34H41ClFN5O8S/c1-5-48-31-24(32(42)37-50(45,46)41-11-6-7-12-41)9-8-23(29(31)36)33(43)40-13-10-22-25(18-40)34(44)49-30-20(2)27(16-26(35)28(22)30)39-15-14-38(3)21(17-39)19-47-4/h8-9,16,21H,5-7,10-15,17-19H2,1-4H3,(H,37,42)/t21-/m1/s1. The van der Waals surface area contributed by atoms with Gasteiger partial charge in [-0.3, -0.25) is 14.5 Å². The largest absolute Gasteiger partial charge is 0.490 e. The van der Waals surface area contributed by atoms with Crippen molar-refractivity contribution < 1.29 is 36.3 Å². The zero-order valence-corrected chi connectivity index (χ0v) is 30.1. The van der Waals surface area contributed by atoms with Crippen molar-refractivity contribution in [1.82, 2.24) is 18.8 Å². The van der Waals surface area contributed by atoms with Gasteiger partial charge in [-0.25, -0.2) is 13.9 Å². The van der Waals surface area contributed by atoms with E-state index in [1.165, 1.54) is 4.90 Å². The fourth-order valence-corrected chi connectivity index (χ4v) is 8.58. The Balaban J connectivity index is 1.27. The average Bonchev–Trinajstić information content (AvgIpc) is 3.64. The molecule has 2 fully saturated rings. The van der Waals surface area contributed by atoms with E-state index in [0.717, 1.165) is 40.8 Å². The molecule has 1 aromatic heterocycles. The Hall–Kier alpha value is -3.76. The summed E-state index contributed by atoms with van der Waals surface area (Å²) in [5, 5.41) is 1.04. The highest BCUT2D eigenvalue weighted by atomic mass is 35.5. The van der Waals surface area contributed by atoms with Crippen molar-refractivity contribution in [1.29, 1.82) is 0 Å². The third-order valence-corrected chi connectivity index (χ3v) is 11.6. The van der Waals surface area contributed by atoms with Gasteiger partial charge in [0.1, 0.15) is 5.58 Å². The summed E-state index contributed by atoms with van der Waals surface area (Å²) in [6.07, 6.45) is 1.61. The minimum Gasteiger partial charge on any atom is -0.490 e. The Morgan fingerprint density at radius 3 is 2.52 bits per heavy atom. The second-order valence-corrected chi connectivity index (χ2v) is 14.9. The predicted molar refractivity (Wildman–Crippen MR) is 186 cm³/mol. The third kappa shape index (κ3) is 6.68. The first-order valence-electron chi connectivity index (χ1n) is 16.6. The van der Waals surface area contributed by atoms with Gasteiger partial charge in [0.15, 0.2) is 11.6 Å². The number of carbonyl (C=O) groups is 2. The SMILES string of the molecule is CCOc1c(C(=O)NS(=O)(=O)N2CCCC2)ccc(C(=O)N2CCc3c(c(=O)oc4c(C)c(N5CCN(C)[C@@H](COC)C5)cc(Cl)c34)C2)c1F. The summed E-state index contributed by atoms with van der Waals surface area (Å²) >= 11 is 6.91. The fraction of sp³-hybridized carbons (Fsp3) is 0.500. The first-order chi connectivity index (χ1) is 23.9. The number of anilines is 1. The van der Waals surface area contributed by atoms with Gasteiger partial charge >= 0.3 is 15.8 Å². The smallest absolute Gasteiger partial charge is 0.341 e. The summed E-state index contributed by atoms with van der Waals surface area (Å²) in [6.45, 7) is 6.83. The maximum atomic E-state index is 16.0. The Morgan fingerprint density at radius 2 is 1.82 bits per heavy atom. The van der Waals surface area contributed by atoms with Crippen molar-refractivity contribution in [2.45, 2.75) is 45.7 Å². The molecule has 3 aliphatic heterocycles. The van der Waals surface area contributed by atoms with Crippen molar-refractivity contribution >= 4 is 50.3 Å². The zero-order chi connectivity index (χ0) is 35.9. The lowest BCUT2D eigenvalue weighted by Crippen LogP contribution is -2.53. The Labute approximate surface area is 295 Å². The number of nitrogens with zero attached hydrogens (tertiary/aromatic N) is 4. The molecule has 0 bridgehead atoms. The number of aryl methyl sites for hydroxylation is 1. The minimum absolute atomic E-state index is 0.0522. The van der Waals surface area contributed by atoms with E-state index in [2.05, 4.69) is 16.8 Å². The van der Waals surface area contributed by atoms with Gasteiger partial charge in [0, 0.05) is 63.0 Å². The monoisotopic (exact) mass is 733 g/mol. The lowest BCUT2D eigenvalue weighted by Gasteiger charge is -2.41. The predicted octanol–water partition coefficient (Wildman–Crippen LogP) is 3.33. The van der Waals surface area contributed by atoms with E-state index >= 15 is 4.39 Å². The highest BCUT2D eigenvalue weighted by Gasteiger charge is 2.34. The van der Waals surface area contributed by atoms with Crippen LogP contribution < -0.4 is 20.0 Å². The Kier molecular flexibility index (Phi) is 10.4. The van der Waals surface area contributed by atoms with Crippen LogP contribution in [0, 0.1) is 12.7 Å². The van der Waals surface area contributed by atoms with Gasteiger partial charge in [-0.1, -0.05) is 11.6 Å². The highest BCUT2D eigenvalue weighted by molar-refractivity contribution is 7.87. The molecule has 13 nitrogen and oxygen atoms in total. The number of carbonyl (C=O) groups excluding carboxylic acids is 2. The minimum atomic E-state index is -4.14. The molecule has 0 saturated carbocycles. The van der Waals surface area contributed by atoms with Crippen LogP contribution in [0.5, 0.6) is 5.75 Å². The molecule has 0 radical (unpaired) electrons. The van der Waals surface area contributed by atoms with Crippen molar-refractivity contribution in [2.75, 3.05) is 71.5 Å². The summed E-state index contributed by atoms with van der Waals surface area (Å²) in [6, 6.07) is 4.35. The van der Waals surface area contributed by atoms with E-state index in [-0.39, 0.29) is 56.4 Å². The van der Waals surface area contributed by atoms with E-state index in [0.29, 0.717) is 47.5 Å². The van der Waals surface area contributed by atoms with Crippen LogP contribution in [0.1, 0.15) is 57.2 Å². The molecule has 0 aliphatic carbocycles. The topological polar surface area (TPSA) is 142 Å². The number of hydrogen-bond acceptors (Lipinski definition) is 10. The maximum absolute atomic E-state index is 16.0. The zero-order valence-electron chi connectivity index (χ0n) is 28.5. The number of amides is 2. The Morgan fingerprint density at radius 1 is 1.10 bits per heavy atom. The molecule has 1 N–H and O–H groups in total. The van der Waals surface area contributed by atoms with Crippen LogP contribution >= 0.6 is 11.6 Å². The van der Waals surface area contributed by atoms with Gasteiger partial charge < -0.3 is 23.7 Å². The van der Waals surface area contributed by atoms with E-state index in [1.807, 2.05) is 17.7 Å². The summed E-state index contributed by atoms with van der Waals surface area (Å²) in [5.41, 5.74) is 1.61. The summed E-state index contributed by atoms with van der Waals surface area (Å²) in [5.74, 6) is -3.46. The van der Waals surface area contributed by atoms with Crippen LogP contribution in [-0.2, 0) is 27.9 Å². The van der Waals surface area contributed by atoms with Crippen LogP contribution in [0.25, 0.3) is 11.0 Å². The van der Waals surface area contributed by atoms with E-state index < -0.39 is 44.8 Å². The van der Waals surface area contributed by atoms with Crippen molar-refractivity contribution in [3.63, 3.8) is 0 Å². The number of hydrogen-bond donors (Lipinski definition) is 1. The van der Waals surface area contributed by atoms with Gasteiger partial charge in [0.05, 0.1) is 47.5 Å². The molecular weight excluding hydrogens is 693 g/mol. The van der Waals surface area contributed by atoms with Crippen molar-refractivity contribution in [3.05, 3.63) is 67.3 Å². The summed E-state index contributed by atoms with van der Waals surface area (Å²) < 4.78 is 61.2. The number of benzene rings is 2. The molecule has 3 aliphatic rings. The molecule has 2 aromatic carbocycles. The quantitative estimate of drug-likeness (QED) is 0.326. The van der Waals surface area contributed by atoms with Gasteiger partial charge in [-0.05, 0) is 63.9 Å². The van der Waals surface area contributed by atoms with Crippen LogP contribution in [0.4, 0.5) is 10.1 Å². The molecule has 6 rings (SSSR count). The molecule has 16 heteroatoms. The van der Waals surface area contributed by atoms with Crippen LogP contribution in [0.2, 0.25) is 5.02 Å². The summed E-state index contributed by atoms with van der Waals surface area (Å²) in [7, 11) is -0.403. The number of nitrogens with one attached hydrogen (secondary N) is 1. The number of fused-ring (bicyclic) bond motifs is 3. The number of rotatable bonds is 9. The molecular formula is C34H41ClFN5O8S. The number of ether oxygens (including phenoxy) is 2. The van der Waals surface area contributed by atoms with Crippen LogP contribution in [-0.4, -0.2) is 107 Å². The van der Waals surface area contributed by atoms with Crippen molar-refractivity contribution in [2.24, 2.45) is 0 Å². The average molecular weight is 734 g/mol. The van der Waals surface area contributed by atoms with E-state index in [9.17, 15) is 22.8 Å². The molecule has 0 unspecified atom stereocenters. The van der Waals surface area contributed by atoms with Gasteiger partial charge in [0.25, 0.3) is 11.8 Å². The normalized spacial score (nSPS) is 18.8. The van der Waals surface area contributed by atoms with Gasteiger partial charge in [0.2, 0.25) is 0 Å². The van der Waals surface area contributed by atoms with E-state index in [4.69, 9.17) is 25.5 Å². The summed E-state index contributed by atoms with van der Waals surface area (Å²) in [4.78, 5) is 46.0. The highest BCUT2D eigenvalue weighted by Crippen LogP contribution is 2.39. The first kappa shape index (κ1) is 36.0. The first-order valence-corrected chi connectivity index (χ1v) is 18.5. The number of halogens is 2. The number of likely N-dealkylation sites (N-methyl/N-ethyl adjacent to an activating group) is 1. The molecule has 4 heterocycles. The van der Waals surface area contributed by atoms with E-state index in [1.54, 1.807) is 14.0 Å². The number of methoxy groups -OCH3 is 1.